The quantitative estimate of drug-likeness (QED) is 0.116. The van der Waals surface area contributed by atoms with Gasteiger partial charge in [0.05, 0.1) is 32.0 Å². The molecule has 3 aliphatic rings. The van der Waals surface area contributed by atoms with Crippen LogP contribution in [0.2, 0.25) is 10.0 Å². The average molecular weight is 724 g/mol. The third kappa shape index (κ3) is 7.40. The van der Waals surface area contributed by atoms with E-state index < -0.39 is 18.0 Å². The molecule has 3 saturated heterocycles. The van der Waals surface area contributed by atoms with Crippen molar-refractivity contribution in [2.45, 2.75) is 37.8 Å². The van der Waals surface area contributed by atoms with Gasteiger partial charge in [-0.05, 0) is 85.3 Å². The molecule has 13 heteroatoms. The molecule has 50 heavy (non-hydrogen) atoms. The molecular weight excluding hydrogens is 685 g/mol. The molecule has 3 fully saturated rings. The number of amides is 1. The lowest BCUT2D eigenvalue weighted by Crippen LogP contribution is -2.53. The van der Waals surface area contributed by atoms with E-state index in [4.69, 9.17) is 37.4 Å². The maximum absolute atomic E-state index is 14.1. The van der Waals surface area contributed by atoms with Crippen LogP contribution in [0.4, 0.5) is 10.5 Å². The number of ether oxygens (including phenoxy) is 3. The minimum absolute atomic E-state index is 0.00398. The highest BCUT2D eigenvalue weighted by Crippen LogP contribution is 2.41. The molecule has 262 valence electrons. The van der Waals surface area contributed by atoms with Crippen LogP contribution in [-0.2, 0) is 17.7 Å². The summed E-state index contributed by atoms with van der Waals surface area (Å²) in [6.45, 7) is 2.52. The standard InChI is InChI=1S/C37H37Cl2N3O8/c1-48-32-10-9-23(15-33(32)49-2)28(17-29-30(38)19-41(47)20-31(29)39)35-24(5-3-8-27(35)36(44)45)18-42(25-6-4-7-26(43)16-25)37(46)50-34-21-40-13-11-22(34)12-14-40/h3-10,15-16,19-20,22,28,34H,11-14,17-18,21H2,1-2H3,(H2-,43,44,45,47)/p+1/t28-,34-/m0/s1. The number of anilines is 1. The number of piperidine rings is 3. The van der Waals surface area contributed by atoms with E-state index in [2.05, 4.69) is 4.90 Å². The predicted molar refractivity (Wildman–Crippen MR) is 186 cm³/mol. The van der Waals surface area contributed by atoms with Gasteiger partial charge >= 0.3 is 12.1 Å². The summed E-state index contributed by atoms with van der Waals surface area (Å²) in [6, 6.07) is 16.5. The van der Waals surface area contributed by atoms with Crippen molar-refractivity contribution in [1.82, 2.24) is 4.90 Å². The van der Waals surface area contributed by atoms with Gasteiger partial charge in [-0.3, -0.25) is 15.0 Å². The van der Waals surface area contributed by atoms with Gasteiger partial charge in [-0.1, -0.05) is 47.5 Å². The number of aromatic hydroxyl groups is 1. The molecule has 11 nitrogen and oxygen atoms in total. The van der Waals surface area contributed by atoms with Crippen molar-refractivity contribution in [3.05, 3.63) is 111 Å². The van der Waals surface area contributed by atoms with Crippen molar-refractivity contribution in [2.75, 3.05) is 38.8 Å². The Hall–Kier alpha value is -4.71. The number of hydrogen-bond acceptors (Lipinski definition) is 8. The fourth-order valence-corrected chi connectivity index (χ4v) is 7.68. The van der Waals surface area contributed by atoms with Crippen LogP contribution in [0, 0.1) is 5.92 Å². The highest BCUT2D eigenvalue weighted by molar-refractivity contribution is 6.35. The van der Waals surface area contributed by atoms with E-state index in [0.717, 1.165) is 30.7 Å². The largest absolute Gasteiger partial charge is 0.508 e. The number of pyridine rings is 1. The summed E-state index contributed by atoms with van der Waals surface area (Å²) in [7, 11) is 3.03. The maximum Gasteiger partial charge on any atom is 0.414 e. The maximum atomic E-state index is 14.1. The van der Waals surface area contributed by atoms with Crippen LogP contribution in [0.1, 0.15) is 51.4 Å². The highest BCUT2D eigenvalue weighted by atomic mass is 35.5. The van der Waals surface area contributed by atoms with Gasteiger partial charge in [0.1, 0.15) is 21.9 Å². The number of halogens is 2. The Morgan fingerprint density at radius 3 is 2.30 bits per heavy atom. The fourth-order valence-electron chi connectivity index (χ4n) is 7.07. The zero-order valence-electron chi connectivity index (χ0n) is 27.6. The summed E-state index contributed by atoms with van der Waals surface area (Å²) in [5.41, 5.74) is 2.43. The molecule has 3 N–H and O–H groups in total. The van der Waals surface area contributed by atoms with Gasteiger partial charge in [0.15, 0.2) is 11.5 Å². The lowest BCUT2D eigenvalue weighted by atomic mass is 9.80. The van der Waals surface area contributed by atoms with Gasteiger partial charge in [0.2, 0.25) is 12.4 Å². The Kier molecular flexibility index (Phi) is 10.6. The number of methoxy groups -OCH3 is 2. The second-order valence-electron chi connectivity index (χ2n) is 12.5. The molecule has 2 atom stereocenters. The number of carbonyl (C=O) groups excluding carboxylic acids is 1. The summed E-state index contributed by atoms with van der Waals surface area (Å²) >= 11 is 13.2. The van der Waals surface area contributed by atoms with Crippen molar-refractivity contribution in [3.8, 4) is 17.2 Å². The first-order chi connectivity index (χ1) is 24.1. The molecule has 4 heterocycles. The molecule has 0 spiro atoms. The van der Waals surface area contributed by atoms with Crippen molar-refractivity contribution in [1.29, 1.82) is 0 Å². The third-order valence-electron chi connectivity index (χ3n) is 9.60. The van der Waals surface area contributed by atoms with Crippen molar-refractivity contribution in [3.63, 3.8) is 0 Å². The minimum atomic E-state index is -1.18. The molecule has 1 amide bonds. The smallest absolute Gasteiger partial charge is 0.414 e. The van der Waals surface area contributed by atoms with Gasteiger partial charge in [-0.2, -0.15) is 0 Å². The first kappa shape index (κ1) is 35.1. The molecule has 0 radical (unpaired) electrons. The van der Waals surface area contributed by atoms with Gasteiger partial charge in [-0.25, -0.2) is 9.59 Å². The fraction of sp³-hybridized carbons (Fsp3) is 0.324. The number of aromatic carboxylic acids is 1. The number of carboxylic acids is 1. The van der Waals surface area contributed by atoms with Crippen LogP contribution >= 0.6 is 23.2 Å². The molecule has 0 saturated carbocycles. The molecule has 0 unspecified atom stereocenters. The first-order valence-corrected chi connectivity index (χ1v) is 17.0. The number of benzene rings is 3. The van der Waals surface area contributed by atoms with E-state index in [1.807, 2.05) is 0 Å². The molecule has 3 aromatic carbocycles. The molecule has 7 rings (SSSR count). The second-order valence-corrected chi connectivity index (χ2v) is 13.3. The Morgan fingerprint density at radius 1 is 0.980 bits per heavy atom. The SMILES string of the molecule is COc1ccc([C@H](Cc2c(Cl)c[n+](O)cc2Cl)c2c(CN(C(=O)O[C@H]3CN4CCC3CC4)c3cccc(O)c3)cccc2C(=O)O)cc1OC. The Labute approximate surface area is 299 Å². The van der Waals surface area contributed by atoms with E-state index in [0.29, 0.717) is 46.0 Å². The number of fused-ring (bicyclic) bond motifs is 3. The Bertz CT molecular complexity index is 1880. The highest BCUT2D eigenvalue weighted by Gasteiger charge is 2.38. The number of carbonyl (C=O) groups is 2. The summed E-state index contributed by atoms with van der Waals surface area (Å²) in [4.78, 5) is 30.8. The van der Waals surface area contributed by atoms with Crippen LogP contribution in [-0.4, -0.2) is 72.3 Å². The monoisotopic (exact) mass is 722 g/mol. The lowest BCUT2D eigenvalue weighted by molar-refractivity contribution is -0.904. The van der Waals surface area contributed by atoms with Crippen LogP contribution in [0.15, 0.2) is 73.1 Å². The zero-order chi connectivity index (χ0) is 35.5. The van der Waals surface area contributed by atoms with Crippen molar-refractivity contribution in [2.24, 2.45) is 5.92 Å². The van der Waals surface area contributed by atoms with Crippen LogP contribution in [0.3, 0.4) is 0 Å². The molecule has 0 aliphatic carbocycles. The van der Waals surface area contributed by atoms with E-state index in [9.17, 15) is 25.0 Å². The van der Waals surface area contributed by atoms with Gasteiger partial charge in [0, 0.05) is 28.8 Å². The van der Waals surface area contributed by atoms with Crippen LogP contribution in [0.5, 0.6) is 17.2 Å². The number of rotatable bonds is 11. The second kappa shape index (κ2) is 15.0. The Morgan fingerprint density at radius 2 is 1.68 bits per heavy atom. The number of hydrogen-bond donors (Lipinski definition) is 3. The zero-order valence-corrected chi connectivity index (χ0v) is 29.1. The number of carboxylic acid groups (broad SMARTS) is 1. The topological polar surface area (TPSA) is 133 Å². The van der Waals surface area contributed by atoms with Crippen molar-refractivity contribution >= 4 is 41.0 Å². The lowest BCUT2D eigenvalue weighted by Gasteiger charge is -2.44. The van der Waals surface area contributed by atoms with E-state index in [1.54, 1.807) is 42.5 Å². The number of phenolic OH excluding ortho intramolecular Hbond substituents is 1. The van der Waals surface area contributed by atoms with Crippen molar-refractivity contribution < 1.29 is 44.0 Å². The number of phenols is 1. The summed E-state index contributed by atoms with van der Waals surface area (Å²) in [6.07, 6.45) is 3.71. The van der Waals surface area contributed by atoms with Crippen LogP contribution < -0.4 is 19.1 Å². The van der Waals surface area contributed by atoms with E-state index >= 15 is 0 Å². The van der Waals surface area contributed by atoms with E-state index in [-0.39, 0.29) is 46.3 Å². The van der Waals surface area contributed by atoms with Crippen LogP contribution in [0.25, 0.3) is 0 Å². The summed E-state index contributed by atoms with van der Waals surface area (Å²) < 4.78 is 18.0. The summed E-state index contributed by atoms with van der Waals surface area (Å²) in [5, 5.41) is 31.4. The first-order valence-electron chi connectivity index (χ1n) is 16.2. The number of aromatic nitrogens is 1. The molecule has 2 bridgehead atoms. The molecule has 3 aliphatic heterocycles. The molecular formula is C37H38Cl2N3O8+. The molecule has 1 aromatic heterocycles. The van der Waals surface area contributed by atoms with Gasteiger partial charge < -0.3 is 24.4 Å². The summed E-state index contributed by atoms with van der Waals surface area (Å²) in [5.74, 6) is -0.765. The molecule has 4 aromatic rings. The third-order valence-corrected chi connectivity index (χ3v) is 10.3. The normalized spacial score (nSPS) is 18.7. The minimum Gasteiger partial charge on any atom is -0.508 e. The average Bonchev–Trinajstić information content (AvgIpc) is 3.10. The Balaban J connectivity index is 1.49. The van der Waals surface area contributed by atoms with Gasteiger partial charge in [0.25, 0.3) is 0 Å². The number of nitrogens with zero attached hydrogens (tertiary/aromatic N) is 3. The van der Waals surface area contributed by atoms with Gasteiger partial charge in [-0.15, -0.1) is 0 Å². The van der Waals surface area contributed by atoms with E-state index in [1.165, 1.54) is 49.7 Å². The predicted octanol–water partition coefficient (Wildman–Crippen LogP) is 6.55.